The van der Waals surface area contributed by atoms with Crippen molar-refractivity contribution < 1.29 is 29.3 Å². The number of phenolic OH excluding ortho intramolecular Hbond substituents is 2. The van der Waals surface area contributed by atoms with Gasteiger partial charge in [0.1, 0.15) is 11.5 Å². The zero-order valence-electron chi connectivity index (χ0n) is 36.6. The molecular formula is C48H78O6. The molecule has 0 spiro atoms. The van der Waals surface area contributed by atoms with Crippen LogP contribution in [-0.4, -0.2) is 35.4 Å². The number of hydrogen-bond donors (Lipinski definition) is 2. The second kappa shape index (κ2) is 21.3. The summed E-state index contributed by atoms with van der Waals surface area (Å²) in [6.07, 6.45) is 15.0. The van der Waals surface area contributed by atoms with Gasteiger partial charge >= 0.3 is 11.9 Å². The van der Waals surface area contributed by atoms with Crippen LogP contribution >= 0.6 is 0 Å². The number of phenols is 2. The lowest BCUT2D eigenvalue weighted by molar-refractivity contribution is -0.143. The molecule has 0 fully saturated rings. The van der Waals surface area contributed by atoms with Gasteiger partial charge < -0.3 is 19.7 Å². The summed E-state index contributed by atoms with van der Waals surface area (Å²) in [5.41, 5.74) is 4.69. The topological polar surface area (TPSA) is 93.1 Å². The predicted molar refractivity (Wildman–Crippen MR) is 225 cm³/mol. The summed E-state index contributed by atoms with van der Waals surface area (Å²) in [7, 11) is 0. The number of hydrogen-bond acceptors (Lipinski definition) is 6. The molecule has 0 amide bonds. The molecule has 0 radical (unpaired) electrons. The van der Waals surface area contributed by atoms with Crippen LogP contribution in [0.2, 0.25) is 0 Å². The Hall–Kier alpha value is -3.02. The molecule has 2 aromatic rings. The number of esters is 2. The van der Waals surface area contributed by atoms with Gasteiger partial charge in [0.05, 0.1) is 26.1 Å². The van der Waals surface area contributed by atoms with E-state index in [0.717, 1.165) is 97.6 Å². The van der Waals surface area contributed by atoms with Crippen LogP contribution in [0.3, 0.4) is 0 Å². The molecule has 0 aliphatic heterocycles. The zero-order valence-corrected chi connectivity index (χ0v) is 36.6. The summed E-state index contributed by atoms with van der Waals surface area (Å²) >= 11 is 0. The predicted octanol–water partition coefficient (Wildman–Crippen LogP) is 12.6. The Morgan fingerprint density at radius 3 is 0.889 bits per heavy atom. The van der Waals surface area contributed by atoms with Crippen LogP contribution in [0, 0.1) is 0 Å². The molecule has 0 aliphatic carbocycles. The van der Waals surface area contributed by atoms with Gasteiger partial charge in [-0.2, -0.15) is 0 Å². The van der Waals surface area contributed by atoms with Crippen LogP contribution in [0.15, 0.2) is 24.3 Å². The first-order valence-electron chi connectivity index (χ1n) is 21.3. The van der Waals surface area contributed by atoms with Gasteiger partial charge in [0.15, 0.2) is 0 Å². The fourth-order valence-electron chi connectivity index (χ4n) is 6.84. The number of rotatable bonds is 25. The van der Waals surface area contributed by atoms with Gasteiger partial charge in [-0.1, -0.05) is 159 Å². The van der Waals surface area contributed by atoms with Crippen LogP contribution in [0.5, 0.6) is 11.5 Å². The van der Waals surface area contributed by atoms with Crippen LogP contribution in [0.1, 0.15) is 206 Å². The molecule has 0 aliphatic rings. The maximum absolute atomic E-state index is 12.8. The van der Waals surface area contributed by atoms with Crippen molar-refractivity contribution in [3.8, 4) is 11.5 Å². The van der Waals surface area contributed by atoms with Crippen LogP contribution in [-0.2, 0) is 53.6 Å². The van der Waals surface area contributed by atoms with E-state index < -0.39 is 0 Å². The Bertz CT molecular complexity index is 1290. The summed E-state index contributed by atoms with van der Waals surface area (Å²) in [6, 6.07) is 7.99. The molecule has 306 valence electrons. The van der Waals surface area contributed by atoms with Crippen molar-refractivity contribution in [1.82, 2.24) is 0 Å². The summed E-state index contributed by atoms with van der Waals surface area (Å²) < 4.78 is 11.2. The first kappa shape index (κ1) is 47.1. The zero-order chi connectivity index (χ0) is 40.7. The van der Waals surface area contributed by atoms with Gasteiger partial charge in [-0.05, 0) is 71.3 Å². The van der Waals surface area contributed by atoms with E-state index in [0.29, 0.717) is 24.7 Å². The van der Waals surface area contributed by atoms with E-state index >= 15 is 0 Å². The maximum Gasteiger partial charge on any atom is 0.310 e. The van der Waals surface area contributed by atoms with Gasteiger partial charge in [-0.25, -0.2) is 0 Å². The first-order chi connectivity index (χ1) is 25.3. The number of benzene rings is 2. The molecule has 0 bridgehead atoms. The third-order valence-corrected chi connectivity index (χ3v) is 12.6. The highest BCUT2D eigenvalue weighted by atomic mass is 16.5. The van der Waals surface area contributed by atoms with Crippen molar-refractivity contribution in [1.29, 1.82) is 0 Å². The lowest BCUT2D eigenvalue weighted by atomic mass is 9.74. The first-order valence-corrected chi connectivity index (χ1v) is 21.3. The van der Waals surface area contributed by atoms with Crippen molar-refractivity contribution in [3.05, 3.63) is 57.6 Å². The van der Waals surface area contributed by atoms with E-state index in [1.165, 1.54) is 25.7 Å². The standard InChI is InChI=1S/C48H78O6/c1-13-45(5,6)37-29-35(30-38(43(37)51)46(7,8)14-2)33-41(49)53-27-25-23-21-19-17-18-20-22-24-26-28-54-42(50)34-36-31-39(47(9,10)15-3)44(52)40(32-36)48(11,12)16-4/h29-32,51-52H,13-28,33-34H2,1-12H3. The average Bonchev–Trinajstić information content (AvgIpc) is 3.12. The van der Waals surface area contributed by atoms with E-state index in [1.807, 2.05) is 24.3 Å². The molecule has 0 atom stereocenters. The van der Waals surface area contributed by atoms with E-state index in [4.69, 9.17) is 9.47 Å². The number of carbonyl (C=O) groups excluding carboxylic acids is 2. The smallest absolute Gasteiger partial charge is 0.310 e. The molecule has 2 rings (SSSR count). The number of aromatic hydroxyl groups is 2. The molecule has 6 nitrogen and oxygen atoms in total. The number of unbranched alkanes of at least 4 members (excludes halogenated alkanes) is 9. The van der Waals surface area contributed by atoms with Crippen molar-refractivity contribution in [2.45, 2.75) is 207 Å². The van der Waals surface area contributed by atoms with Crippen molar-refractivity contribution in [2.75, 3.05) is 13.2 Å². The number of carbonyl (C=O) groups is 2. The molecular weight excluding hydrogens is 673 g/mol. The Morgan fingerprint density at radius 1 is 0.444 bits per heavy atom. The molecule has 6 heteroatoms. The van der Waals surface area contributed by atoms with E-state index in [-0.39, 0.29) is 46.4 Å². The molecule has 0 saturated carbocycles. The third-order valence-electron chi connectivity index (χ3n) is 12.6. The van der Waals surface area contributed by atoms with Gasteiger partial charge in [0.25, 0.3) is 0 Å². The Morgan fingerprint density at radius 2 is 0.667 bits per heavy atom. The Kier molecular flexibility index (Phi) is 18.6. The van der Waals surface area contributed by atoms with Crippen LogP contribution in [0.25, 0.3) is 0 Å². The minimum absolute atomic E-state index is 0.190. The largest absolute Gasteiger partial charge is 0.507 e. The molecule has 2 N–H and O–H groups in total. The van der Waals surface area contributed by atoms with E-state index in [2.05, 4.69) is 83.1 Å². The lowest BCUT2D eigenvalue weighted by Crippen LogP contribution is -2.22. The van der Waals surface area contributed by atoms with Gasteiger partial charge in [0.2, 0.25) is 0 Å². The number of ether oxygens (including phenoxy) is 2. The fraction of sp³-hybridized carbons (Fsp3) is 0.708. The fourth-order valence-corrected chi connectivity index (χ4v) is 6.84. The summed E-state index contributed by atoms with van der Waals surface area (Å²) in [6.45, 7) is 26.5. The quantitative estimate of drug-likeness (QED) is 0.0775. The second-order valence-electron chi connectivity index (χ2n) is 18.4. The van der Waals surface area contributed by atoms with Crippen molar-refractivity contribution in [2.24, 2.45) is 0 Å². The lowest BCUT2D eigenvalue weighted by Gasteiger charge is -2.31. The molecule has 0 saturated heterocycles. The van der Waals surface area contributed by atoms with Crippen LogP contribution < -0.4 is 0 Å². The monoisotopic (exact) mass is 751 g/mol. The Balaban J connectivity index is 1.64. The second-order valence-corrected chi connectivity index (χ2v) is 18.4. The minimum Gasteiger partial charge on any atom is -0.507 e. The molecule has 54 heavy (non-hydrogen) atoms. The molecule has 0 aromatic heterocycles. The van der Waals surface area contributed by atoms with Gasteiger partial charge in [0, 0.05) is 22.3 Å². The highest BCUT2D eigenvalue weighted by Gasteiger charge is 2.31. The summed E-state index contributed by atoms with van der Waals surface area (Å²) in [4.78, 5) is 25.5. The third kappa shape index (κ3) is 13.9. The van der Waals surface area contributed by atoms with Crippen molar-refractivity contribution in [3.63, 3.8) is 0 Å². The summed E-state index contributed by atoms with van der Waals surface area (Å²) in [5.74, 6) is 0.317. The minimum atomic E-state index is -0.205. The van der Waals surface area contributed by atoms with Crippen molar-refractivity contribution >= 4 is 11.9 Å². The summed E-state index contributed by atoms with van der Waals surface area (Å²) in [5, 5.41) is 22.4. The molecule has 0 unspecified atom stereocenters. The molecule has 2 aromatic carbocycles. The SMILES string of the molecule is CCC(C)(C)c1cc(CC(=O)OCCCCCCCCCCCCOC(=O)Cc2cc(C(C)(C)CC)c(O)c(C(C)(C)CC)c2)cc(C(C)(C)CC)c1O. The normalized spacial score (nSPS) is 12.6. The average molecular weight is 751 g/mol. The van der Waals surface area contributed by atoms with Gasteiger partial charge in [-0.15, -0.1) is 0 Å². The van der Waals surface area contributed by atoms with Crippen LogP contribution in [0.4, 0.5) is 0 Å². The Labute approximate surface area is 330 Å². The van der Waals surface area contributed by atoms with Gasteiger partial charge in [-0.3, -0.25) is 9.59 Å². The molecule has 0 heterocycles. The highest BCUT2D eigenvalue weighted by molar-refractivity contribution is 5.74. The highest BCUT2D eigenvalue weighted by Crippen LogP contribution is 2.44. The van der Waals surface area contributed by atoms with E-state index in [9.17, 15) is 19.8 Å². The van der Waals surface area contributed by atoms with E-state index in [1.54, 1.807) is 0 Å². The maximum atomic E-state index is 12.8.